The van der Waals surface area contributed by atoms with Crippen molar-refractivity contribution in [2.45, 2.75) is 64.4 Å². The Morgan fingerprint density at radius 2 is 2.06 bits per heavy atom. The number of carbonyl (C=O) groups excluding carboxylic acids is 2. The Morgan fingerprint density at radius 3 is 2.77 bits per heavy atom. The molecule has 9 heteroatoms. The van der Waals surface area contributed by atoms with Crippen LogP contribution in [0.4, 0.5) is 4.79 Å². The molecule has 1 saturated heterocycles. The predicted octanol–water partition coefficient (Wildman–Crippen LogP) is 4.27. The maximum atomic E-state index is 13.6. The van der Waals surface area contributed by atoms with Crippen molar-refractivity contribution in [2.75, 3.05) is 19.7 Å². The summed E-state index contributed by atoms with van der Waals surface area (Å²) in [5.41, 5.74) is 4.52. The first-order valence-corrected chi connectivity index (χ1v) is 13.1. The average molecular weight is 497 g/mol. The molecule has 0 bridgehead atoms. The minimum Gasteiger partial charge on any atom is -0.444 e. The Morgan fingerprint density at radius 1 is 1.26 bits per heavy atom. The normalized spacial score (nSPS) is 18.6. The van der Waals surface area contributed by atoms with Gasteiger partial charge in [0.05, 0.1) is 30.9 Å². The van der Waals surface area contributed by atoms with Crippen molar-refractivity contribution in [1.82, 2.24) is 19.4 Å². The van der Waals surface area contributed by atoms with Crippen LogP contribution >= 0.6 is 11.3 Å². The third-order valence-corrected chi connectivity index (χ3v) is 6.93. The van der Waals surface area contributed by atoms with E-state index in [4.69, 9.17) is 9.47 Å². The number of para-hydroxylation sites is 1. The summed E-state index contributed by atoms with van der Waals surface area (Å²) in [6.45, 7) is 7.68. The van der Waals surface area contributed by atoms with Crippen LogP contribution in [-0.2, 0) is 27.4 Å². The molecule has 5 rings (SSSR count). The van der Waals surface area contributed by atoms with Gasteiger partial charge in [-0.1, -0.05) is 18.2 Å². The van der Waals surface area contributed by atoms with Crippen molar-refractivity contribution < 1.29 is 19.1 Å². The van der Waals surface area contributed by atoms with Crippen LogP contribution < -0.4 is 0 Å². The molecular formula is C26H32N4O4S. The van der Waals surface area contributed by atoms with Gasteiger partial charge in [0.15, 0.2) is 6.10 Å². The molecule has 0 radical (unpaired) electrons. The number of amides is 2. The van der Waals surface area contributed by atoms with Crippen molar-refractivity contribution in [3.05, 3.63) is 52.6 Å². The Labute approximate surface area is 209 Å². The SMILES string of the molecule is CC(C)(C)OC(=O)N1CCOC(C(=O)N(Cc2cn(Cc3cscn3)c3ccccc23)C2CC2)C1. The predicted molar refractivity (Wildman–Crippen MR) is 134 cm³/mol. The Bertz CT molecular complexity index is 1200. The Hall–Kier alpha value is -2.91. The van der Waals surface area contributed by atoms with Crippen LogP contribution in [0.2, 0.25) is 0 Å². The average Bonchev–Trinajstić information content (AvgIpc) is 3.43. The van der Waals surface area contributed by atoms with Crippen molar-refractivity contribution in [2.24, 2.45) is 0 Å². The van der Waals surface area contributed by atoms with E-state index < -0.39 is 17.8 Å². The highest BCUT2D eigenvalue weighted by molar-refractivity contribution is 7.07. The molecule has 3 heterocycles. The molecule has 0 spiro atoms. The first kappa shape index (κ1) is 23.8. The van der Waals surface area contributed by atoms with Gasteiger partial charge in [-0.05, 0) is 45.2 Å². The number of hydrogen-bond acceptors (Lipinski definition) is 6. The molecule has 2 aromatic heterocycles. The van der Waals surface area contributed by atoms with E-state index in [1.807, 2.05) is 43.3 Å². The molecular weight excluding hydrogens is 464 g/mol. The van der Waals surface area contributed by atoms with Gasteiger partial charge in [-0.3, -0.25) is 4.79 Å². The lowest BCUT2D eigenvalue weighted by Crippen LogP contribution is -2.53. The summed E-state index contributed by atoms with van der Waals surface area (Å²) in [7, 11) is 0. The van der Waals surface area contributed by atoms with E-state index in [9.17, 15) is 9.59 Å². The largest absolute Gasteiger partial charge is 0.444 e. The molecule has 0 N–H and O–H groups in total. The van der Waals surface area contributed by atoms with E-state index in [1.54, 1.807) is 16.2 Å². The van der Waals surface area contributed by atoms with Gasteiger partial charge in [0.2, 0.25) is 0 Å². The van der Waals surface area contributed by atoms with Crippen molar-refractivity contribution >= 4 is 34.2 Å². The van der Waals surface area contributed by atoms with Gasteiger partial charge < -0.3 is 23.8 Å². The lowest BCUT2D eigenvalue weighted by molar-refractivity contribution is -0.150. The molecule has 1 unspecified atom stereocenters. The second-order valence-electron chi connectivity index (χ2n) is 10.3. The molecule has 1 aliphatic carbocycles. The molecule has 1 aliphatic heterocycles. The third-order valence-electron chi connectivity index (χ3n) is 6.29. The molecule has 2 aliphatic rings. The summed E-state index contributed by atoms with van der Waals surface area (Å²) >= 11 is 1.59. The van der Waals surface area contributed by atoms with Gasteiger partial charge >= 0.3 is 6.09 Å². The van der Waals surface area contributed by atoms with E-state index in [-0.39, 0.29) is 18.5 Å². The second kappa shape index (κ2) is 9.62. The zero-order valence-electron chi connectivity index (χ0n) is 20.5. The van der Waals surface area contributed by atoms with Gasteiger partial charge in [0, 0.05) is 41.6 Å². The molecule has 3 aromatic rings. The van der Waals surface area contributed by atoms with E-state index >= 15 is 0 Å². The van der Waals surface area contributed by atoms with Crippen molar-refractivity contribution in [1.29, 1.82) is 0 Å². The first-order valence-electron chi connectivity index (χ1n) is 12.1. The van der Waals surface area contributed by atoms with E-state index in [1.165, 1.54) is 0 Å². The smallest absolute Gasteiger partial charge is 0.410 e. The van der Waals surface area contributed by atoms with Crippen LogP contribution in [0.5, 0.6) is 0 Å². The highest BCUT2D eigenvalue weighted by Crippen LogP contribution is 2.32. The number of carbonyl (C=O) groups is 2. The van der Waals surface area contributed by atoms with Gasteiger partial charge in [-0.15, -0.1) is 11.3 Å². The monoisotopic (exact) mass is 496 g/mol. The summed E-state index contributed by atoms with van der Waals surface area (Å²) in [4.78, 5) is 34.2. The third kappa shape index (κ3) is 5.51. The lowest BCUT2D eigenvalue weighted by atomic mass is 10.1. The highest BCUT2D eigenvalue weighted by atomic mass is 32.1. The van der Waals surface area contributed by atoms with Gasteiger partial charge in [-0.2, -0.15) is 0 Å². The summed E-state index contributed by atoms with van der Waals surface area (Å²) in [5.74, 6) is -0.0582. The van der Waals surface area contributed by atoms with Crippen molar-refractivity contribution in [3.63, 3.8) is 0 Å². The second-order valence-corrected chi connectivity index (χ2v) is 11.0. The Balaban J connectivity index is 1.34. The van der Waals surface area contributed by atoms with Crippen LogP contribution in [0, 0.1) is 0 Å². The maximum absolute atomic E-state index is 13.6. The standard InChI is InChI=1S/C26H32N4O4S/c1-26(2,3)34-25(32)28-10-11-33-23(15-28)24(31)30(20-8-9-20)13-18-12-29(14-19-16-35-17-27-19)22-7-5-4-6-21(18)22/h4-7,12,16-17,20,23H,8-11,13-15H2,1-3H3. The minimum absolute atomic E-state index is 0.0582. The number of morpholine rings is 1. The molecule has 186 valence electrons. The quantitative estimate of drug-likeness (QED) is 0.509. The van der Waals surface area contributed by atoms with Gasteiger partial charge in [0.1, 0.15) is 5.60 Å². The molecule has 8 nitrogen and oxygen atoms in total. The molecule has 2 amide bonds. The zero-order chi connectivity index (χ0) is 24.6. The highest BCUT2D eigenvalue weighted by Gasteiger charge is 2.39. The number of benzene rings is 1. The number of rotatable bonds is 6. The first-order chi connectivity index (χ1) is 16.8. The van der Waals surface area contributed by atoms with Crippen LogP contribution in [0.1, 0.15) is 44.9 Å². The molecule has 1 aromatic carbocycles. The van der Waals surface area contributed by atoms with Crippen molar-refractivity contribution in [3.8, 4) is 0 Å². The topological polar surface area (TPSA) is 76.9 Å². The molecule has 1 atom stereocenters. The molecule has 35 heavy (non-hydrogen) atoms. The van der Waals surface area contributed by atoms with E-state index in [0.29, 0.717) is 26.2 Å². The zero-order valence-corrected chi connectivity index (χ0v) is 21.3. The molecule has 1 saturated carbocycles. The summed E-state index contributed by atoms with van der Waals surface area (Å²) in [5, 5.41) is 3.20. The number of ether oxygens (including phenoxy) is 2. The number of aromatic nitrogens is 2. The summed E-state index contributed by atoms with van der Waals surface area (Å²) < 4.78 is 13.6. The number of hydrogen-bond donors (Lipinski definition) is 0. The fourth-order valence-corrected chi connectivity index (χ4v) is 5.05. The van der Waals surface area contributed by atoms with E-state index in [2.05, 4.69) is 33.3 Å². The Kier molecular flexibility index (Phi) is 6.55. The summed E-state index contributed by atoms with van der Waals surface area (Å²) in [6, 6.07) is 8.50. The minimum atomic E-state index is -0.680. The molecule has 2 fully saturated rings. The fraction of sp³-hybridized carbons (Fsp3) is 0.500. The van der Waals surface area contributed by atoms with Crippen LogP contribution in [0.15, 0.2) is 41.4 Å². The van der Waals surface area contributed by atoms with Crippen LogP contribution in [-0.4, -0.2) is 68.8 Å². The van der Waals surface area contributed by atoms with Crippen LogP contribution in [0.3, 0.4) is 0 Å². The number of thiazole rings is 1. The lowest BCUT2D eigenvalue weighted by Gasteiger charge is -2.35. The fourth-order valence-electron chi connectivity index (χ4n) is 4.50. The maximum Gasteiger partial charge on any atom is 0.410 e. The van der Waals surface area contributed by atoms with Gasteiger partial charge in [0.25, 0.3) is 5.91 Å². The summed E-state index contributed by atoms with van der Waals surface area (Å²) in [6.07, 6.45) is 3.04. The number of fused-ring (bicyclic) bond motifs is 1. The number of nitrogens with zero attached hydrogens (tertiary/aromatic N) is 4. The van der Waals surface area contributed by atoms with Gasteiger partial charge in [-0.25, -0.2) is 9.78 Å². The van der Waals surface area contributed by atoms with Crippen LogP contribution in [0.25, 0.3) is 10.9 Å². The van der Waals surface area contributed by atoms with E-state index in [0.717, 1.165) is 35.0 Å².